The van der Waals surface area contributed by atoms with Gasteiger partial charge in [0.1, 0.15) is 0 Å². The van der Waals surface area contributed by atoms with Crippen LogP contribution in [0, 0.1) is 6.92 Å². The van der Waals surface area contributed by atoms with Gasteiger partial charge in [-0.1, -0.05) is 17.7 Å². The van der Waals surface area contributed by atoms with Crippen LogP contribution in [0.4, 0.5) is 0 Å². The Labute approximate surface area is 161 Å². The fourth-order valence-corrected chi connectivity index (χ4v) is 4.86. The van der Waals surface area contributed by atoms with Crippen molar-refractivity contribution >= 4 is 21.8 Å². The molecule has 148 valence electrons. The molecule has 0 spiro atoms. The Balaban J connectivity index is 1.81. The summed E-state index contributed by atoms with van der Waals surface area (Å²) in [5.41, 5.74) is 0.946. The van der Waals surface area contributed by atoms with Gasteiger partial charge in [0.15, 0.2) is 0 Å². The number of carbonyl (C=O) groups excluding carboxylic acids is 2. The molecule has 0 radical (unpaired) electrons. The van der Waals surface area contributed by atoms with Crippen LogP contribution in [0.1, 0.15) is 31.2 Å². The third-order valence-electron chi connectivity index (χ3n) is 5.20. The van der Waals surface area contributed by atoms with Crippen LogP contribution < -0.4 is 0 Å². The van der Waals surface area contributed by atoms with Gasteiger partial charge in [-0.2, -0.15) is 4.31 Å². The van der Waals surface area contributed by atoms with Gasteiger partial charge in [0.05, 0.1) is 18.0 Å². The van der Waals surface area contributed by atoms with Crippen LogP contribution >= 0.6 is 0 Å². The number of likely N-dealkylation sites (tertiary alicyclic amines) is 2. The standard InChI is InChI=1S/C19H27N3O4S/c1-16-6-8-17(9-7-16)27(25,26)22(14-18(23)20-10-2-3-11-20)15-19(24)21-12-4-5-13-21/h6-9H,2-5,10-15H2,1H3. The van der Waals surface area contributed by atoms with E-state index in [1.807, 2.05) is 6.92 Å². The second-order valence-electron chi connectivity index (χ2n) is 7.26. The highest BCUT2D eigenvalue weighted by molar-refractivity contribution is 7.89. The minimum absolute atomic E-state index is 0.108. The van der Waals surface area contributed by atoms with Gasteiger partial charge in [-0.25, -0.2) is 8.42 Å². The third-order valence-corrected chi connectivity index (χ3v) is 7.01. The van der Waals surface area contributed by atoms with Crippen molar-refractivity contribution in [2.45, 2.75) is 37.5 Å². The summed E-state index contributed by atoms with van der Waals surface area (Å²) >= 11 is 0. The molecule has 0 saturated carbocycles. The summed E-state index contributed by atoms with van der Waals surface area (Å²) in [6, 6.07) is 6.49. The normalized spacial score (nSPS) is 17.7. The molecule has 0 aliphatic carbocycles. The number of sulfonamides is 1. The van der Waals surface area contributed by atoms with Crippen LogP contribution in [0.5, 0.6) is 0 Å². The molecule has 2 aliphatic heterocycles. The van der Waals surface area contributed by atoms with Gasteiger partial charge in [0.25, 0.3) is 0 Å². The molecule has 2 saturated heterocycles. The number of rotatable bonds is 6. The van der Waals surface area contributed by atoms with E-state index in [2.05, 4.69) is 0 Å². The third kappa shape index (κ3) is 4.68. The van der Waals surface area contributed by atoms with Crippen molar-refractivity contribution < 1.29 is 18.0 Å². The molecule has 1 aromatic carbocycles. The fraction of sp³-hybridized carbons (Fsp3) is 0.579. The average molecular weight is 394 g/mol. The number of nitrogens with zero attached hydrogens (tertiary/aromatic N) is 3. The summed E-state index contributed by atoms with van der Waals surface area (Å²) in [6.07, 6.45) is 3.73. The number of hydrogen-bond acceptors (Lipinski definition) is 4. The molecule has 2 heterocycles. The number of amides is 2. The van der Waals surface area contributed by atoms with Gasteiger partial charge in [0.2, 0.25) is 21.8 Å². The Morgan fingerprint density at radius 1 is 0.852 bits per heavy atom. The minimum Gasteiger partial charge on any atom is -0.342 e. The molecular weight excluding hydrogens is 366 g/mol. The smallest absolute Gasteiger partial charge is 0.244 e. The van der Waals surface area contributed by atoms with Crippen molar-refractivity contribution in [2.75, 3.05) is 39.3 Å². The van der Waals surface area contributed by atoms with Crippen LogP contribution in [-0.4, -0.2) is 73.6 Å². The first-order valence-electron chi connectivity index (χ1n) is 9.50. The zero-order valence-corrected chi connectivity index (χ0v) is 16.6. The van der Waals surface area contributed by atoms with E-state index < -0.39 is 10.0 Å². The number of carbonyl (C=O) groups is 2. The summed E-state index contributed by atoms with van der Waals surface area (Å²) in [5.74, 6) is -0.477. The number of aryl methyl sites for hydroxylation is 1. The Morgan fingerprint density at radius 2 is 1.26 bits per heavy atom. The van der Waals surface area contributed by atoms with Crippen molar-refractivity contribution in [3.63, 3.8) is 0 Å². The molecule has 0 atom stereocenters. The highest BCUT2D eigenvalue weighted by Crippen LogP contribution is 2.19. The van der Waals surface area contributed by atoms with Gasteiger partial charge >= 0.3 is 0 Å². The van der Waals surface area contributed by atoms with Crippen LogP contribution in [0.25, 0.3) is 0 Å². The van der Waals surface area contributed by atoms with Gasteiger partial charge in [-0.05, 0) is 44.7 Å². The molecule has 0 aromatic heterocycles. The lowest BCUT2D eigenvalue weighted by Crippen LogP contribution is -2.46. The zero-order chi connectivity index (χ0) is 19.4. The summed E-state index contributed by atoms with van der Waals surface area (Å²) in [4.78, 5) is 28.6. The first kappa shape index (κ1) is 19.8. The highest BCUT2D eigenvalue weighted by Gasteiger charge is 2.32. The van der Waals surface area contributed by atoms with Gasteiger partial charge in [-0.15, -0.1) is 0 Å². The zero-order valence-electron chi connectivity index (χ0n) is 15.8. The second-order valence-corrected chi connectivity index (χ2v) is 9.20. The summed E-state index contributed by atoms with van der Waals surface area (Å²) in [7, 11) is -3.93. The second kappa shape index (κ2) is 8.39. The van der Waals surface area contributed by atoms with E-state index in [1.165, 1.54) is 12.1 Å². The Morgan fingerprint density at radius 3 is 1.67 bits per heavy atom. The molecule has 7 nitrogen and oxygen atoms in total. The quantitative estimate of drug-likeness (QED) is 0.728. The van der Waals surface area contributed by atoms with Crippen LogP contribution in [-0.2, 0) is 19.6 Å². The number of hydrogen-bond donors (Lipinski definition) is 0. The van der Waals surface area contributed by atoms with Crippen LogP contribution in [0.3, 0.4) is 0 Å². The summed E-state index contributed by atoms with van der Waals surface area (Å²) in [5, 5.41) is 0. The lowest BCUT2D eigenvalue weighted by Gasteiger charge is -2.26. The predicted octanol–water partition coefficient (Wildman–Crippen LogP) is 1.23. The molecular formula is C19H27N3O4S. The Kier molecular flexibility index (Phi) is 6.16. The van der Waals surface area contributed by atoms with Crippen molar-refractivity contribution in [1.82, 2.24) is 14.1 Å². The monoisotopic (exact) mass is 393 g/mol. The lowest BCUT2D eigenvalue weighted by atomic mass is 10.2. The minimum atomic E-state index is -3.93. The van der Waals surface area contributed by atoms with Crippen molar-refractivity contribution in [3.8, 4) is 0 Å². The topological polar surface area (TPSA) is 78.0 Å². The summed E-state index contributed by atoms with van der Waals surface area (Å²) in [6.45, 7) is 3.89. The molecule has 2 aliphatic rings. The Hall–Kier alpha value is -1.93. The van der Waals surface area contributed by atoms with E-state index in [-0.39, 0.29) is 29.8 Å². The fourth-order valence-electron chi connectivity index (χ4n) is 3.52. The van der Waals surface area contributed by atoms with Crippen molar-refractivity contribution in [3.05, 3.63) is 29.8 Å². The van der Waals surface area contributed by atoms with E-state index in [0.717, 1.165) is 35.6 Å². The number of benzene rings is 1. The molecule has 0 unspecified atom stereocenters. The van der Waals surface area contributed by atoms with E-state index in [1.54, 1.807) is 21.9 Å². The molecule has 27 heavy (non-hydrogen) atoms. The molecule has 1 aromatic rings. The molecule has 0 bridgehead atoms. The van der Waals surface area contributed by atoms with E-state index in [9.17, 15) is 18.0 Å². The van der Waals surface area contributed by atoms with Crippen LogP contribution in [0.2, 0.25) is 0 Å². The summed E-state index contributed by atoms with van der Waals surface area (Å²) < 4.78 is 27.3. The average Bonchev–Trinajstić information content (AvgIpc) is 3.35. The van der Waals surface area contributed by atoms with Crippen molar-refractivity contribution in [1.29, 1.82) is 0 Å². The van der Waals surface area contributed by atoms with E-state index in [0.29, 0.717) is 26.2 Å². The van der Waals surface area contributed by atoms with Crippen molar-refractivity contribution in [2.24, 2.45) is 0 Å². The Bertz CT molecular complexity index is 750. The first-order valence-corrected chi connectivity index (χ1v) is 10.9. The van der Waals surface area contributed by atoms with E-state index >= 15 is 0 Å². The molecule has 2 fully saturated rings. The van der Waals surface area contributed by atoms with Gasteiger partial charge < -0.3 is 9.80 Å². The maximum Gasteiger partial charge on any atom is 0.244 e. The molecule has 2 amide bonds. The predicted molar refractivity (Wildman–Crippen MR) is 102 cm³/mol. The van der Waals surface area contributed by atoms with Gasteiger partial charge in [0, 0.05) is 26.2 Å². The largest absolute Gasteiger partial charge is 0.342 e. The maximum absolute atomic E-state index is 13.1. The first-order chi connectivity index (χ1) is 12.9. The molecule has 0 N–H and O–H groups in total. The molecule has 3 rings (SSSR count). The van der Waals surface area contributed by atoms with Gasteiger partial charge in [-0.3, -0.25) is 9.59 Å². The van der Waals surface area contributed by atoms with Crippen LogP contribution in [0.15, 0.2) is 29.2 Å². The lowest BCUT2D eigenvalue weighted by molar-refractivity contribution is -0.132. The molecule has 8 heteroatoms. The SMILES string of the molecule is Cc1ccc(S(=O)(=O)N(CC(=O)N2CCCC2)CC(=O)N2CCCC2)cc1. The maximum atomic E-state index is 13.1. The van der Waals surface area contributed by atoms with E-state index in [4.69, 9.17) is 0 Å². The highest BCUT2D eigenvalue weighted by atomic mass is 32.2.